The highest BCUT2D eigenvalue weighted by Crippen LogP contribution is 2.31. The molecule has 2 N–H and O–H groups in total. The van der Waals surface area contributed by atoms with Crippen molar-refractivity contribution in [2.75, 3.05) is 6.61 Å². The van der Waals surface area contributed by atoms with Crippen LogP contribution in [-0.4, -0.2) is 23.4 Å². The van der Waals surface area contributed by atoms with Gasteiger partial charge in [-0.25, -0.2) is 4.98 Å². The van der Waals surface area contributed by atoms with Crippen LogP contribution in [0.25, 0.3) is 10.6 Å². The number of carbonyl (C=O) groups is 2. The molecule has 2 amide bonds. The van der Waals surface area contributed by atoms with Gasteiger partial charge in [0.05, 0.1) is 11.3 Å². The molecule has 0 aliphatic rings. The Kier molecular flexibility index (Phi) is 6.36. The fourth-order valence-corrected chi connectivity index (χ4v) is 3.41. The molecular weight excluding hydrogens is 419 g/mol. The van der Waals surface area contributed by atoms with E-state index in [1.807, 2.05) is 30.3 Å². The summed E-state index contributed by atoms with van der Waals surface area (Å²) < 4.78 is 43.1. The van der Waals surface area contributed by atoms with Gasteiger partial charge in [-0.2, -0.15) is 13.2 Å². The Morgan fingerprint density at radius 2 is 1.80 bits per heavy atom. The molecule has 0 unspecified atom stereocenters. The fraction of sp³-hybridized carbons (Fsp3) is 0.150. The predicted molar refractivity (Wildman–Crippen MR) is 105 cm³/mol. The van der Waals surface area contributed by atoms with Crippen molar-refractivity contribution in [1.29, 1.82) is 0 Å². The minimum atomic E-state index is -4.51. The van der Waals surface area contributed by atoms with Crippen LogP contribution in [0, 0.1) is 6.92 Å². The van der Waals surface area contributed by atoms with Gasteiger partial charge in [-0.05, 0) is 25.1 Å². The highest BCUT2D eigenvalue weighted by atomic mass is 32.1. The first-order valence-corrected chi connectivity index (χ1v) is 9.48. The number of benzene rings is 2. The Hall–Kier alpha value is -3.40. The fourth-order valence-electron chi connectivity index (χ4n) is 2.44. The first-order chi connectivity index (χ1) is 14.2. The van der Waals surface area contributed by atoms with Crippen molar-refractivity contribution < 1.29 is 27.5 Å². The Morgan fingerprint density at radius 1 is 1.07 bits per heavy atom. The maximum Gasteiger partial charge on any atom is 0.416 e. The Labute approximate surface area is 173 Å². The molecule has 6 nitrogen and oxygen atoms in total. The summed E-state index contributed by atoms with van der Waals surface area (Å²) in [6.45, 7) is 1.11. The average Bonchev–Trinajstić information content (AvgIpc) is 3.12. The van der Waals surface area contributed by atoms with Crippen molar-refractivity contribution in [3.05, 3.63) is 70.7 Å². The van der Waals surface area contributed by atoms with Crippen molar-refractivity contribution in [2.24, 2.45) is 0 Å². The number of aryl methyl sites for hydroxylation is 1. The van der Waals surface area contributed by atoms with Crippen LogP contribution in [0.4, 0.5) is 13.2 Å². The van der Waals surface area contributed by atoms with Gasteiger partial charge < -0.3 is 4.74 Å². The molecule has 2 aromatic carbocycles. The van der Waals surface area contributed by atoms with Crippen molar-refractivity contribution >= 4 is 23.2 Å². The van der Waals surface area contributed by atoms with Crippen molar-refractivity contribution in [3.8, 4) is 16.3 Å². The number of nitrogens with one attached hydrogen (secondary N) is 2. The molecule has 30 heavy (non-hydrogen) atoms. The van der Waals surface area contributed by atoms with Gasteiger partial charge in [0.2, 0.25) is 0 Å². The lowest BCUT2D eigenvalue weighted by atomic mass is 10.2. The van der Waals surface area contributed by atoms with Crippen LogP contribution in [0.15, 0.2) is 54.6 Å². The van der Waals surface area contributed by atoms with Crippen LogP contribution in [0.1, 0.15) is 20.9 Å². The third kappa shape index (κ3) is 5.35. The van der Waals surface area contributed by atoms with Gasteiger partial charge in [0.25, 0.3) is 11.8 Å². The molecule has 10 heteroatoms. The molecule has 0 bridgehead atoms. The number of ether oxygens (including phenoxy) is 1. The van der Waals surface area contributed by atoms with E-state index in [0.717, 1.165) is 17.7 Å². The standard InChI is InChI=1S/C20H16F3N3O3S/c1-12-17(30-19(24-12)13-6-3-2-4-7-13)18(28)26-25-16(27)11-29-15-9-5-8-14(10-15)20(21,22)23/h2-10H,11H2,1H3,(H,25,27)(H,26,28). The average molecular weight is 435 g/mol. The molecule has 1 heterocycles. The first kappa shape index (κ1) is 21.3. The molecule has 0 saturated carbocycles. The second kappa shape index (κ2) is 8.95. The number of rotatable bonds is 5. The van der Waals surface area contributed by atoms with E-state index < -0.39 is 30.2 Å². The van der Waals surface area contributed by atoms with Gasteiger partial charge >= 0.3 is 6.18 Å². The van der Waals surface area contributed by atoms with Gasteiger partial charge in [-0.3, -0.25) is 20.4 Å². The zero-order valence-electron chi connectivity index (χ0n) is 15.6. The largest absolute Gasteiger partial charge is 0.484 e. The Bertz CT molecular complexity index is 1050. The van der Waals surface area contributed by atoms with Crippen molar-refractivity contribution in [1.82, 2.24) is 15.8 Å². The number of carbonyl (C=O) groups excluding carboxylic acids is 2. The second-order valence-corrected chi connectivity index (χ2v) is 7.12. The number of thiazole rings is 1. The van der Waals surface area contributed by atoms with Crippen LogP contribution in [0.2, 0.25) is 0 Å². The monoisotopic (exact) mass is 435 g/mol. The van der Waals surface area contributed by atoms with Crippen LogP contribution in [-0.2, 0) is 11.0 Å². The summed E-state index contributed by atoms with van der Waals surface area (Å²) in [7, 11) is 0. The number of hydrogen-bond acceptors (Lipinski definition) is 5. The smallest absolute Gasteiger partial charge is 0.416 e. The SMILES string of the molecule is Cc1nc(-c2ccccc2)sc1C(=O)NNC(=O)COc1cccc(C(F)(F)F)c1. The summed E-state index contributed by atoms with van der Waals surface area (Å²) in [4.78, 5) is 28.9. The molecule has 0 fully saturated rings. The van der Waals surface area contributed by atoms with E-state index in [-0.39, 0.29) is 5.75 Å². The highest BCUT2D eigenvalue weighted by Gasteiger charge is 2.30. The van der Waals surface area contributed by atoms with Gasteiger partial charge in [-0.1, -0.05) is 36.4 Å². The lowest BCUT2D eigenvalue weighted by Crippen LogP contribution is -2.43. The van der Waals surface area contributed by atoms with E-state index in [9.17, 15) is 22.8 Å². The summed E-state index contributed by atoms with van der Waals surface area (Å²) in [6.07, 6.45) is -4.51. The minimum absolute atomic E-state index is 0.114. The van der Waals surface area contributed by atoms with E-state index in [0.29, 0.717) is 15.6 Å². The second-order valence-electron chi connectivity index (χ2n) is 6.12. The van der Waals surface area contributed by atoms with E-state index in [1.54, 1.807) is 6.92 Å². The van der Waals surface area contributed by atoms with Gasteiger partial charge in [0, 0.05) is 5.56 Å². The lowest BCUT2D eigenvalue weighted by molar-refractivity contribution is -0.137. The maximum atomic E-state index is 12.7. The molecule has 3 aromatic rings. The summed E-state index contributed by atoms with van der Waals surface area (Å²) in [5.74, 6) is -1.40. The molecule has 1 aromatic heterocycles. The number of alkyl halides is 3. The molecule has 0 aliphatic carbocycles. The molecular formula is C20H16F3N3O3S. The quantitative estimate of drug-likeness (QED) is 0.595. The number of amides is 2. The lowest BCUT2D eigenvalue weighted by Gasteiger charge is -2.10. The van der Waals surface area contributed by atoms with Gasteiger partial charge in [-0.15, -0.1) is 11.3 Å². The maximum absolute atomic E-state index is 12.7. The number of nitrogens with zero attached hydrogens (tertiary/aromatic N) is 1. The van der Waals surface area contributed by atoms with E-state index >= 15 is 0 Å². The van der Waals surface area contributed by atoms with Crippen molar-refractivity contribution in [3.63, 3.8) is 0 Å². The Morgan fingerprint density at radius 3 is 2.50 bits per heavy atom. The zero-order valence-corrected chi connectivity index (χ0v) is 16.4. The third-order valence-electron chi connectivity index (χ3n) is 3.87. The van der Waals surface area contributed by atoms with Crippen LogP contribution in [0.3, 0.4) is 0 Å². The van der Waals surface area contributed by atoms with Crippen molar-refractivity contribution in [2.45, 2.75) is 13.1 Å². The normalized spacial score (nSPS) is 11.1. The topological polar surface area (TPSA) is 80.3 Å². The highest BCUT2D eigenvalue weighted by molar-refractivity contribution is 7.17. The molecule has 0 saturated heterocycles. The van der Waals surface area contributed by atoms with E-state index in [2.05, 4.69) is 15.8 Å². The number of aromatic nitrogens is 1. The molecule has 0 spiro atoms. The van der Waals surface area contributed by atoms with Crippen LogP contribution >= 0.6 is 11.3 Å². The first-order valence-electron chi connectivity index (χ1n) is 8.66. The van der Waals surface area contributed by atoms with Gasteiger partial charge in [0.15, 0.2) is 6.61 Å². The Balaban J connectivity index is 1.54. The van der Waals surface area contributed by atoms with Crippen LogP contribution in [0.5, 0.6) is 5.75 Å². The summed E-state index contributed by atoms with van der Waals surface area (Å²) in [5.41, 5.74) is 4.90. The summed E-state index contributed by atoms with van der Waals surface area (Å²) in [5, 5.41) is 0.664. The molecule has 3 rings (SSSR count). The number of halogens is 3. The number of hydrazine groups is 1. The van der Waals surface area contributed by atoms with Crippen LogP contribution < -0.4 is 15.6 Å². The molecule has 156 valence electrons. The summed E-state index contributed by atoms with van der Waals surface area (Å²) >= 11 is 1.17. The number of hydrogen-bond donors (Lipinski definition) is 2. The zero-order chi connectivity index (χ0) is 21.7. The van der Waals surface area contributed by atoms with E-state index in [4.69, 9.17) is 4.74 Å². The molecule has 0 atom stereocenters. The predicted octanol–water partition coefficient (Wildman–Crippen LogP) is 3.98. The molecule has 0 aliphatic heterocycles. The van der Waals surface area contributed by atoms with E-state index in [1.165, 1.54) is 23.5 Å². The summed E-state index contributed by atoms with van der Waals surface area (Å²) in [6, 6.07) is 13.5. The third-order valence-corrected chi connectivity index (χ3v) is 5.08. The molecule has 0 radical (unpaired) electrons. The van der Waals surface area contributed by atoms with Gasteiger partial charge in [0.1, 0.15) is 15.6 Å². The minimum Gasteiger partial charge on any atom is -0.484 e.